The average molecular weight is 424 g/mol. The summed E-state index contributed by atoms with van der Waals surface area (Å²) >= 11 is 3.34. The predicted octanol–water partition coefficient (Wildman–Crippen LogP) is 2.42. The maximum atomic E-state index is 13.0. The Bertz CT molecular complexity index is 744. The van der Waals surface area contributed by atoms with Gasteiger partial charge in [0.2, 0.25) is 10.0 Å². The van der Waals surface area contributed by atoms with E-state index in [-0.39, 0.29) is 23.9 Å². The van der Waals surface area contributed by atoms with Crippen LogP contribution in [0.15, 0.2) is 29.2 Å². The molecule has 0 N–H and O–H groups in total. The molecule has 0 radical (unpaired) electrons. The third-order valence-corrected chi connectivity index (χ3v) is 8.42. The molecule has 0 bridgehead atoms. The van der Waals surface area contributed by atoms with Gasteiger partial charge in [-0.1, -0.05) is 41.4 Å². The van der Waals surface area contributed by atoms with Crippen LogP contribution in [0.1, 0.15) is 25.3 Å². The summed E-state index contributed by atoms with van der Waals surface area (Å²) in [5, 5.41) is -0.0103. The van der Waals surface area contributed by atoms with Crippen LogP contribution in [0.4, 0.5) is 0 Å². The van der Waals surface area contributed by atoms with Crippen LogP contribution in [0.3, 0.4) is 0 Å². The molecule has 5 nitrogen and oxygen atoms in total. The Kier molecular flexibility index (Phi) is 5.92. The largest absolute Gasteiger partial charge is 0.223 e. The van der Waals surface area contributed by atoms with Gasteiger partial charge in [-0.05, 0) is 30.0 Å². The van der Waals surface area contributed by atoms with Crippen LogP contribution in [0.2, 0.25) is 0 Å². The lowest BCUT2D eigenvalue weighted by Gasteiger charge is -2.18. The number of benzene rings is 1. The van der Waals surface area contributed by atoms with Crippen LogP contribution in [0.25, 0.3) is 0 Å². The molecule has 0 amide bonds. The summed E-state index contributed by atoms with van der Waals surface area (Å²) < 4.78 is 50.8. The second-order valence-electron chi connectivity index (χ2n) is 5.99. The fraction of sp³-hybridized carbons (Fsp3) is 0.600. The number of halogens is 1. The maximum absolute atomic E-state index is 13.0. The highest BCUT2D eigenvalue weighted by molar-refractivity contribution is 9.08. The number of alkyl halides is 1. The molecule has 0 saturated carbocycles. The van der Waals surface area contributed by atoms with Crippen molar-refractivity contribution in [3.05, 3.63) is 29.8 Å². The quantitative estimate of drug-likeness (QED) is 0.658. The van der Waals surface area contributed by atoms with Crippen LogP contribution >= 0.6 is 15.9 Å². The molecule has 0 aromatic heterocycles. The van der Waals surface area contributed by atoms with Gasteiger partial charge in [-0.3, -0.25) is 0 Å². The van der Waals surface area contributed by atoms with E-state index in [1.807, 2.05) is 6.92 Å². The zero-order valence-corrected chi connectivity index (χ0v) is 16.5. The first kappa shape index (κ1) is 18.9. The normalized spacial score (nSPS) is 23.3. The van der Waals surface area contributed by atoms with Gasteiger partial charge in [0, 0.05) is 18.4 Å². The Labute approximate surface area is 147 Å². The molecule has 1 unspecified atom stereocenters. The minimum Gasteiger partial charge on any atom is -0.223 e. The number of hydrogen-bond donors (Lipinski definition) is 0. The highest BCUT2D eigenvalue weighted by Crippen LogP contribution is 2.32. The molecular weight excluding hydrogens is 402 g/mol. The number of rotatable bonds is 6. The fourth-order valence-corrected chi connectivity index (χ4v) is 6.35. The first-order valence-corrected chi connectivity index (χ1v) is 12.1. The van der Waals surface area contributed by atoms with Crippen molar-refractivity contribution in [1.29, 1.82) is 0 Å². The molecule has 1 saturated heterocycles. The molecule has 0 aliphatic carbocycles. The number of sulfone groups is 1. The lowest BCUT2D eigenvalue weighted by molar-refractivity contribution is 0.447. The SMILES string of the molecule is CCC[C@@H]1CN(S(C)(=O)=O)CC1S(=O)(=O)c1ccc(CBr)cc1. The Hall–Kier alpha value is -0.440. The van der Waals surface area contributed by atoms with Gasteiger partial charge in [-0.15, -0.1) is 0 Å². The van der Waals surface area contributed by atoms with Crippen molar-refractivity contribution in [2.75, 3.05) is 19.3 Å². The Morgan fingerprint density at radius 2 is 1.74 bits per heavy atom. The van der Waals surface area contributed by atoms with E-state index in [1.165, 1.54) is 4.31 Å². The van der Waals surface area contributed by atoms with E-state index < -0.39 is 25.1 Å². The minimum atomic E-state index is -3.55. The lowest BCUT2D eigenvalue weighted by atomic mass is 10.0. The average Bonchev–Trinajstić information content (AvgIpc) is 2.93. The molecule has 1 aromatic carbocycles. The van der Waals surface area contributed by atoms with E-state index in [9.17, 15) is 16.8 Å². The molecular formula is C15H22BrNO4S2. The summed E-state index contributed by atoms with van der Waals surface area (Å²) in [6.45, 7) is 2.32. The van der Waals surface area contributed by atoms with E-state index in [0.717, 1.165) is 18.2 Å². The highest BCUT2D eigenvalue weighted by atomic mass is 79.9. The third kappa shape index (κ3) is 4.15. The molecule has 1 aliphatic heterocycles. The Morgan fingerprint density at radius 3 is 2.22 bits per heavy atom. The monoisotopic (exact) mass is 423 g/mol. The van der Waals surface area contributed by atoms with Crippen molar-refractivity contribution >= 4 is 35.8 Å². The molecule has 130 valence electrons. The number of sulfonamides is 1. The third-order valence-electron chi connectivity index (χ3n) is 4.28. The molecule has 1 aromatic rings. The van der Waals surface area contributed by atoms with Crippen LogP contribution < -0.4 is 0 Å². The van der Waals surface area contributed by atoms with Crippen LogP contribution in [-0.4, -0.2) is 45.7 Å². The fourth-order valence-electron chi connectivity index (χ4n) is 3.02. The first-order valence-electron chi connectivity index (χ1n) is 7.54. The summed E-state index contributed by atoms with van der Waals surface area (Å²) in [7, 11) is -6.93. The van der Waals surface area contributed by atoms with E-state index in [0.29, 0.717) is 11.8 Å². The zero-order chi connectivity index (χ0) is 17.3. The highest BCUT2D eigenvalue weighted by Gasteiger charge is 2.44. The van der Waals surface area contributed by atoms with Gasteiger partial charge in [0.1, 0.15) is 0 Å². The van der Waals surface area contributed by atoms with E-state index in [2.05, 4.69) is 15.9 Å². The Balaban J connectivity index is 2.35. The standard InChI is InChI=1S/C15H22BrNO4S2/c1-3-4-13-10-17(22(2,18)19)11-15(13)23(20,21)14-7-5-12(9-16)6-8-14/h5-8,13,15H,3-4,9-11H2,1-2H3/t13-,15?/m1/s1. The topological polar surface area (TPSA) is 71.5 Å². The van der Waals surface area contributed by atoms with E-state index >= 15 is 0 Å². The van der Waals surface area contributed by atoms with E-state index in [1.54, 1.807) is 24.3 Å². The minimum absolute atomic E-state index is 0.0476. The van der Waals surface area contributed by atoms with Gasteiger partial charge in [-0.2, -0.15) is 0 Å². The van der Waals surface area contributed by atoms with Crippen molar-refractivity contribution in [1.82, 2.24) is 4.31 Å². The molecule has 0 spiro atoms. The van der Waals surface area contributed by atoms with Gasteiger partial charge in [0.05, 0.1) is 16.4 Å². The van der Waals surface area contributed by atoms with Crippen molar-refractivity contribution in [3.8, 4) is 0 Å². The van der Waals surface area contributed by atoms with Gasteiger partial charge < -0.3 is 0 Å². The van der Waals surface area contributed by atoms with Crippen molar-refractivity contribution in [3.63, 3.8) is 0 Å². The molecule has 8 heteroatoms. The summed E-state index contributed by atoms with van der Waals surface area (Å²) in [5.74, 6) is -0.157. The molecule has 1 aliphatic rings. The number of nitrogens with zero attached hydrogens (tertiary/aromatic N) is 1. The van der Waals surface area contributed by atoms with Crippen molar-refractivity contribution in [2.45, 2.75) is 35.2 Å². The smallest absolute Gasteiger partial charge is 0.211 e. The predicted molar refractivity (Wildman–Crippen MR) is 94.9 cm³/mol. The zero-order valence-electron chi connectivity index (χ0n) is 13.3. The number of hydrogen-bond acceptors (Lipinski definition) is 4. The van der Waals surface area contributed by atoms with Gasteiger partial charge in [0.15, 0.2) is 9.84 Å². The van der Waals surface area contributed by atoms with Gasteiger partial charge in [0.25, 0.3) is 0 Å². The summed E-state index contributed by atoms with van der Waals surface area (Å²) in [6, 6.07) is 6.77. The summed E-state index contributed by atoms with van der Waals surface area (Å²) in [6.07, 6.45) is 2.67. The van der Waals surface area contributed by atoms with Crippen molar-refractivity contribution in [2.24, 2.45) is 5.92 Å². The summed E-state index contributed by atoms with van der Waals surface area (Å²) in [5.41, 5.74) is 0.998. The molecule has 2 rings (SSSR count). The molecule has 2 atom stereocenters. The molecule has 23 heavy (non-hydrogen) atoms. The van der Waals surface area contributed by atoms with Gasteiger partial charge in [-0.25, -0.2) is 21.1 Å². The second kappa shape index (κ2) is 7.21. The van der Waals surface area contributed by atoms with E-state index in [4.69, 9.17) is 0 Å². The van der Waals surface area contributed by atoms with Crippen LogP contribution in [0, 0.1) is 5.92 Å². The lowest BCUT2D eigenvalue weighted by Crippen LogP contribution is -2.31. The Morgan fingerprint density at radius 1 is 1.13 bits per heavy atom. The van der Waals surface area contributed by atoms with Crippen LogP contribution in [-0.2, 0) is 25.2 Å². The summed E-state index contributed by atoms with van der Waals surface area (Å²) in [4.78, 5) is 0.267. The first-order chi connectivity index (χ1) is 10.7. The van der Waals surface area contributed by atoms with Gasteiger partial charge >= 0.3 is 0 Å². The maximum Gasteiger partial charge on any atom is 0.211 e. The molecule has 1 heterocycles. The van der Waals surface area contributed by atoms with Crippen LogP contribution in [0.5, 0.6) is 0 Å². The molecule has 1 fully saturated rings. The van der Waals surface area contributed by atoms with Crippen molar-refractivity contribution < 1.29 is 16.8 Å². The second-order valence-corrected chi connectivity index (χ2v) is 10.7.